The van der Waals surface area contributed by atoms with Crippen LogP contribution in [0.15, 0.2) is 49.1 Å². The summed E-state index contributed by atoms with van der Waals surface area (Å²) in [5.74, 6) is 1.78. The maximum atomic E-state index is 9.04. The third-order valence-electron chi connectivity index (χ3n) is 6.17. The molecule has 2 atom stereocenters. The molecular formula is C27H34O5. The molecule has 0 amide bonds. The van der Waals surface area contributed by atoms with Crippen LogP contribution in [-0.4, -0.2) is 50.3 Å². The van der Waals surface area contributed by atoms with Crippen molar-refractivity contribution in [3.63, 3.8) is 0 Å². The number of ether oxygens (including phenoxy) is 4. The van der Waals surface area contributed by atoms with E-state index in [0.29, 0.717) is 25.7 Å². The summed E-state index contributed by atoms with van der Waals surface area (Å²) in [4.78, 5) is 0. The highest BCUT2D eigenvalue weighted by Gasteiger charge is 2.29. The molecule has 2 aliphatic rings. The molecule has 0 radical (unpaired) electrons. The van der Waals surface area contributed by atoms with Crippen LogP contribution in [0, 0.1) is 0 Å². The standard InChI is InChI=1S/C27H34O5/c1-4-6-19-13-21(7-9-25(19)29-12-5-11-28)27(2,3)22-8-10-26(32-18-24-17-31-24)20(14-22)15-23-16-30-23/h4,7-10,13-14,23-24,28H,1,5-6,11-12,15-18H2,2-3H3. The molecule has 0 bridgehead atoms. The molecule has 4 rings (SSSR count). The molecule has 5 nitrogen and oxygen atoms in total. The first-order chi connectivity index (χ1) is 15.5. The Hall–Kier alpha value is -2.34. The second-order valence-corrected chi connectivity index (χ2v) is 9.11. The molecule has 2 aromatic rings. The highest BCUT2D eigenvalue weighted by Crippen LogP contribution is 2.37. The fourth-order valence-electron chi connectivity index (χ4n) is 3.88. The summed E-state index contributed by atoms with van der Waals surface area (Å²) >= 11 is 0. The van der Waals surface area contributed by atoms with Gasteiger partial charge < -0.3 is 24.1 Å². The minimum atomic E-state index is -0.198. The van der Waals surface area contributed by atoms with Gasteiger partial charge in [-0.3, -0.25) is 0 Å². The monoisotopic (exact) mass is 438 g/mol. The smallest absolute Gasteiger partial charge is 0.122 e. The van der Waals surface area contributed by atoms with Crippen molar-refractivity contribution in [1.29, 1.82) is 0 Å². The number of allylic oxidation sites excluding steroid dienone is 1. The van der Waals surface area contributed by atoms with Crippen LogP contribution in [0.3, 0.4) is 0 Å². The molecule has 2 fully saturated rings. The Bertz CT molecular complexity index is 928. The minimum Gasteiger partial charge on any atom is -0.493 e. The second-order valence-electron chi connectivity index (χ2n) is 9.11. The molecule has 0 aliphatic carbocycles. The number of hydrogen-bond donors (Lipinski definition) is 1. The number of aliphatic hydroxyl groups excluding tert-OH is 1. The molecule has 172 valence electrons. The zero-order valence-corrected chi connectivity index (χ0v) is 19.1. The molecule has 0 aromatic heterocycles. The maximum absolute atomic E-state index is 9.04. The lowest BCUT2D eigenvalue weighted by Gasteiger charge is -2.28. The van der Waals surface area contributed by atoms with Gasteiger partial charge in [-0.15, -0.1) is 6.58 Å². The van der Waals surface area contributed by atoms with E-state index in [1.165, 1.54) is 16.7 Å². The fourth-order valence-corrected chi connectivity index (χ4v) is 3.88. The van der Waals surface area contributed by atoms with Gasteiger partial charge in [0.2, 0.25) is 0 Å². The van der Waals surface area contributed by atoms with E-state index >= 15 is 0 Å². The van der Waals surface area contributed by atoms with Crippen LogP contribution in [0.1, 0.15) is 42.5 Å². The lowest BCUT2D eigenvalue weighted by atomic mass is 9.76. The van der Waals surface area contributed by atoms with E-state index in [-0.39, 0.29) is 18.1 Å². The van der Waals surface area contributed by atoms with E-state index in [0.717, 1.165) is 43.1 Å². The van der Waals surface area contributed by atoms with Crippen molar-refractivity contribution in [3.8, 4) is 11.5 Å². The largest absolute Gasteiger partial charge is 0.493 e. The van der Waals surface area contributed by atoms with Crippen molar-refractivity contribution >= 4 is 0 Å². The van der Waals surface area contributed by atoms with E-state index in [4.69, 9.17) is 24.1 Å². The van der Waals surface area contributed by atoms with Crippen molar-refractivity contribution in [2.75, 3.05) is 33.0 Å². The average molecular weight is 439 g/mol. The Morgan fingerprint density at radius 3 is 2.22 bits per heavy atom. The van der Waals surface area contributed by atoms with Gasteiger partial charge >= 0.3 is 0 Å². The Balaban J connectivity index is 1.59. The van der Waals surface area contributed by atoms with E-state index in [9.17, 15) is 0 Å². The third-order valence-corrected chi connectivity index (χ3v) is 6.17. The number of rotatable bonds is 13. The van der Waals surface area contributed by atoms with E-state index in [1.807, 2.05) is 12.1 Å². The molecule has 1 N–H and O–H groups in total. The van der Waals surface area contributed by atoms with Gasteiger partial charge in [0.1, 0.15) is 24.2 Å². The van der Waals surface area contributed by atoms with Crippen molar-refractivity contribution in [2.24, 2.45) is 0 Å². The maximum Gasteiger partial charge on any atom is 0.122 e. The fraction of sp³-hybridized carbons (Fsp3) is 0.481. The van der Waals surface area contributed by atoms with E-state index < -0.39 is 0 Å². The molecule has 2 heterocycles. The molecule has 2 aromatic carbocycles. The number of aliphatic hydroxyl groups is 1. The Kier molecular flexibility index (Phi) is 7.19. The first-order valence-electron chi connectivity index (χ1n) is 11.5. The van der Waals surface area contributed by atoms with Crippen LogP contribution < -0.4 is 9.47 Å². The van der Waals surface area contributed by atoms with Gasteiger partial charge in [-0.2, -0.15) is 0 Å². The second kappa shape index (κ2) is 10.1. The SMILES string of the molecule is C=CCc1cc(C(C)(C)c2ccc(OCC3CO3)c(CC3CO3)c2)ccc1OCCCO. The van der Waals surface area contributed by atoms with Gasteiger partial charge in [-0.1, -0.05) is 44.2 Å². The van der Waals surface area contributed by atoms with Gasteiger partial charge in [0.05, 0.1) is 25.9 Å². The first kappa shape index (κ1) is 22.8. The Labute approximate surface area is 191 Å². The summed E-state index contributed by atoms with van der Waals surface area (Å²) in [6, 6.07) is 12.9. The first-order valence-corrected chi connectivity index (χ1v) is 11.5. The predicted octanol–water partition coefficient (Wildman–Crippen LogP) is 4.22. The summed E-state index contributed by atoms with van der Waals surface area (Å²) < 4.78 is 22.7. The molecule has 2 saturated heterocycles. The molecule has 0 saturated carbocycles. The van der Waals surface area contributed by atoms with Gasteiger partial charge in [-0.25, -0.2) is 0 Å². The topological polar surface area (TPSA) is 63.8 Å². The zero-order chi connectivity index (χ0) is 22.6. The Morgan fingerprint density at radius 2 is 1.62 bits per heavy atom. The predicted molar refractivity (Wildman–Crippen MR) is 125 cm³/mol. The summed E-state index contributed by atoms with van der Waals surface area (Å²) in [5.41, 5.74) is 4.56. The zero-order valence-electron chi connectivity index (χ0n) is 19.1. The van der Waals surface area contributed by atoms with Gasteiger partial charge in [0, 0.05) is 24.9 Å². The summed E-state index contributed by atoms with van der Waals surface area (Å²) in [6.45, 7) is 11.2. The summed E-state index contributed by atoms with van der Waals surface area (Å²) in [5, 5.41) is 9.04. The lowest BCUT2D eigenvalue weighted by molar-refractivity contribution is 0.232. The van der Waals surface area contributed by atoms with Gasteiger partial charge in [0.15, 0.2) is 0 Å². The normalized spacial score (nSPS) is 19.5. The summed E-state index contributed by atoms with van der Waals surface area (Å²) in [7, 11) is 0. The average Bonchev–Trinajstić information content (AvgIpc) is 3.70. The highest BCUT2D eigenvalue weighted by atomic mass is 16.6. The quantitative estimate of drug-likeness (QED) is 0.288. The van der Waals surface area contributed by atoms with E-state index in [2.05, 4.69) is 50.8 Å². The molecule has 2 unspecified atom stereocenters. The van der Waals surface area contributed by atoms with Crippen molar-refractivity contribution in [3.05, 3.63) is 71.3 Å². The van der Waals surface area contributed by atoms with Crippen molar-refractivity contribution in [2.45, 2.75) is 50.7 Å². The van der Waals surface area contributed by atoms with Crippen LogP contribution in [0.4, 0.5) is 0 Å². The molecule has 32 heavy (non-hydrogen) atoms. The van der Waals surface area contributed by atoms with Crippen LogP contribution in [-0.2, 0) is 27.7 Å². The molecular weight excluding hydrogens is 404 g/mol. The van der Waals surface area contributed by atoms with Crippen molar-refractivity contribution in [1.82, 2.24) is 0 Å². The van der Waals surface area contributed by atoms with Gasteiger partial charge in [0.25, 0.3) is 0 Å². The number of benzene rings is 2. The van der Waals surface area contributed by atoms with Crippen LogP contribution >= 0.6 is 0 Å². The highest BCUT2D eigenvalue weighted by molar-refractivity contribution is 5.48. The third kappa shape index (κ3) is 5.71. The van der Waals surface area contributed by atoms with Crippen LogP contribution in [0.25, 0.3) is 0 Å². The Morgan fingerprint density at radius 1 is 1.00 bits per heavy atom. The van der Waals surface area contributed by atoms with Crippen LogP contribution in [0.5, 0.6) is 11.5 Å². The molecule has 5 heteroatoms. The molecule has 2 aliphatic heterocycles. The number of epoxide rings is 2. The van der Waals surface area contributed by atoms with Crippen LogP contribution in [0.2, 0.25) is 0 Å². The minimum absolute atomic E-state index is 0.128. The van der Waals surface area contributed by atoms with Gasteiger partial charge in [-0.05, 0) is 40.8 Å². The van der Waals surface area contributed by atoms with E-state index in [1.54, 1.807) is 0 Å². The molecule has 0 spiro atoms. The summed E-state index contributed by atoms with van der Waals surface area (Å²) in [6.07, 6.45) is 4.65. The lowest BCUT2D eigenvalue weighted by Crippen LogP contribution is -2.20. The van der Waals surface area contributed by atoms with Crippen molar-refractivity contribution < 1.29 is 24.1 Å². The number of hydrogen-bond acceptors (Lipinski definition) is 5.